The van der Waals surface area contributed by atoms with Gasteiger partial charge in [0.1, 0.15) is 18.5 Å². The number of anilines is 3. The summed E-state index contributed by atoms with van der Waals surface area (Å²) in [5.41, 5.74) is 4.47. The Balaban J connectivity index is 1.28. The van der Waals surface area contributed by atoms with Crippen molar-refractivity contribution in [1.82, 2.24) is 14.9 Å². The summed E-state index contributed by atoms with van der Waals surface area (Å²) < 4.78 is 12.0. The minimum absolute atomic E-state index is 0.113. The van der Waals surface area contributed by atoms with Crippen molar-refractivity contribution in [3.8, 4) is 24.0 Å². The topological polar surface area (TPSA) is 91.8 Å². The summed E-state index contributed by atoms with van der Waals surface area (Å²) in [5.74, 6) is 3.79. The predicted octanol–water partition coefficient (Wildman–Crippen LogP) is 4.93. The van der Waals surface area contributed by atoms with E-state index in [1.54, 1.807) is 6.20 Å². The summed E-state index contributed by atoms with van der Waals surface area (Å²) in [6, 6.07) is 14.2. The molecule has 2 heterocycles. The lowest BCUT2D eigenvalue weighted by Crippen LogP contribution is -2.41. The monoisotopic (exact) mass is 579 g/mol. The Morgan fingerprint density at radius 2 is 2.00 bits per heavy atom. The summed E-state index contributed by atoms with van der Waals surface area (Å²) in [4.78, 5) is 11.0. The number of aliphatic hydroxyl groups is 1. The van der Waals surface area contributed by atoms with Crippen molar-refractivity contribution in [2.75, 3.05) is 43.5 Å². The molecule has 0 amide bonds. The van der Waals surface area contributed by atoms with Crippen LogP contribution in [0.5, 0.6) is 11.6 Å². The van der Waals surface area contributed by atoms with Gasteiger partial charge in [-0.2, -0.15) is 4.98 Å². The maximum Gasteiger partial charge on any atom is 0.233 e. The largest absolute Gasteiger partial charge is 0.491 e. The summed E-state index contributed by atoms with van der Waals surface area (Å²) >= 11 is 3.35. The number of nitrogens with zero attached hydrogens (tertiary/aromatic N) is 3. The van der Waals surface area contributed by atoms with Gasteiger partial charge in [-0.15, -0.1) is 6.42 Å². The molecular weight excluding hydrogens is 546 g/mol. The van der Waals surface area contributed by atoms with E-state index in [-0.39, 0.29) is 13.2 Å². The van der Waals surface area contributed by atoms with E-state index in [4.69, 9.17) is 15.9 Å². The Labute approximate surface area is 232 Å². The fourth-order valence-electron chi connectivity index (χ4n) is 4.61. The van der Waals surface area contributed by atoms with Crippen molar-refractivity contribution in [1.29, 1.82) is 0 Å². The summed E-state index contributed by atoms with van der Waals surface area (Å²) in [5, 5.41) is 17.5. The number of terminal acetylenes is 1. The fraction of sp³-hybridized carbons (Fsp3) is 0.379. The van der Waals surface area contributed by atoms with Crippen LogP contribution in [-0.2, 0) is 0 Å². The van der Waals surface area contributed by atoms with E-state index in [1.165, 1.54) is 16.8 Å². The molecule has 0 aliphatic carbocycles. The van der Waals surface area contributed by atoms with E-state index in [0.29, 0.717) is 34.6 Å². The Morgan fingerprint density at radius 3 is 2.79 bits per heavy atom. The van der Waals surface area contributed by atoms with Gasteiger partial charge in [-0.1, -0.05) is 30.2 Å². The summed E-state index contributed by atoms with van der Waals surface area (Å²) in [7, 11) is 0. The fourth-order valence-corrected chi connectivity index (χ4v) is 4.92. The predicted molar refractivity (Wildman–Crippen MR) is 154 cm³/mol. The number of para-hydroxylation sites is 1. The van der Waals surface area contributed by atoms with E-state index < -0.39 is 6.10 Å². The maximum absolute atomic E-state index is 10.7. The van der Waals surface area contributed by atoms with E-state index >= 15 is 0 Å². The Kier molecular flexibility index (Phi) is 9.82. The SMILES string of the molecule is C#CCOc1nc(Nc2cccc(OCC(O)CN3CCCC3CNc3c(C)cccc3C)c2)ncc1Br. The van der Waals surface area contributed by atoms with Crippen LogP contribution < -0.4 is 20.1 Å². The number of aryl methyl sites for hydroxylation is 2. The minimum Gasteiger partial charge on any atom is -0.491 e. The van der Waals surface area contributed by atoms with Gasteiger partial charge in [0.25, 0.3) is 0 Å². The maximum atomic E-state index is 10.7. The lowest BCUT2D eigenvalue weighted by Gasteiger charge is -2.28. The van der Waals surface area contributed by atoms with Crippen molar-refractivity contribution in [3.63, 3.8) is 0 Å². The van der Waals surface area contributed by atoms with E-state index in [9.17, 15) is 5.11 Å². The van der Waals surface area contributed by atoms with Crippen molar-refractivity contribution < 1.29 is 14.6 Å². The third-order valence-corrected chi connectivity index (χ3v) is 7.02. The highest BCUT2D eigenvalue weighted by Crippen LogP contribution is 2.26. The highest BCUT2D eigenvalue weighted by atomic mass is 79.9. The molecule has 1 fully saturated rings. The molecule has 38 heavy (non-hydrogen) atoms. The van der Waals surface area contributed by atoms with Crippen LogP contribution in [0.15, 0.2) is 53.1 Å². The van der Waals surface area contributed by atoms with Crippen molar-refractivity contribution in [3.05, 3.63) is 64.3 Å². The number of aromatic nitrogens is 2. The van der Waals surface area contributed by atoms with Gasteiger partial charge in [-0.05, 0) is 72.4 Å². The molecule has 1 aromatic heterocycles. The van der Waals surface area contributed by atoms with Gasteiger partial charge in [-0.3, -0.25) is 4.90 Å². The molecule has 0 bridgehead atoms. The van der Waals surface area contributed by atoms with Crippen LogP contribution in [0.4, 0.5) is 17.3 Å². The highest BCUT2D eigenvalue weighted by Gasteiger charge is 2.26. The zero-order chi connectivity index (χ0) is 26.9. The second-order valence-corrected chi connectivity index (χ2v) is 10.3. The van der Waals surface area contributed by atoms with E-state index in [1.807, 2.05) is 24.3 Å². The summed E-state index contributed by atoms with van der Waals surface area (Å²) in [6.07, 6.45) is 8.52. The van der Waals surface area contributed by atoms with Gasteiger partial charge in [0.15, 0.2) is 6.61 Å². The number of β-amino-alcohol motifs (C(OH)–C–C–N with tert-alkyl or cyclic N) is 1. The van der Waals surface area contributed by atoms with Crippen LogP contribution in [0.1, 0.15) is 24.0 Å². The average Bonchev–Trinajstić information content (AvgIpc) is 3.34. The highest BCUT2D eigenvalue weighted by molar-refractivity contribution is 9.10. The van der Waals surface area contributed by atoms with E-state index in [0.717, 1.165) is 31.6 Å². The molecule has 0 spiro atoms. The van der Waals surface area contributed by atoms with Crippen LogP contribution in [0.25, 0.3) is 0 Å². The molecule has 3 N–H and O–H groups in total. The zero-order valence-corrected chi connectivity index (χ0v) is 23.4. The van der Waals surface area contributed by atoms with Crippen LogP contribution in [0.3, 0.4) is 0 Å². The first-order chi connectivity index (χ1) is 18.4. The quantitative estimate of drug-likeness (QED) is 0.260. The van der Waals surface area contributed by atoms with Gasteiger partial charge in [-0.25, -0.2) is 4.98 Å². The van der Waals surface area contributed by atoms with Crippen LogP contribution in [0, 0.1) is 26.2 Å². The molecule has 8 nitrogen and oxygen atoms in total. The van der Waals surface area contributed by atoms with Gasteiger partial charge < -0.3 is 25.2 Å². The molecule has 200 valence electrons. The third kappa shape index (κ3) is 7.60. The molecule has 4 rings (SSSR count). The first-order valence-corrected chi connectivity index (χ1v) is 13.5. The first-order valence-electron chi connectivity index (χ1n) is 12.7. The molecule has 0 radical (unpaired) electrons. The molecule has 9 heteroatoms. The molecule has 2 aromatic carbocycles. The Morgan fingerprint density at radius 1 is 1.21 bits per heavy atom. The number of hydrogen-bond donors (Lipinski definition) is 3. The third-order valence-electron chi connectivity index (χ3n) is 6.48. The number of likely N-dealkylation sites (tertiary alicyclic amines) is 1. The number of benzene rings is 2. The standard InChI is InChI=1S/C29H34BrN5O3/c1-4-14-37-28-26(30)17-32-29(34-28)33-22-10-6-12-25(15-22)38-19-24(36)18-35-13-7-11-23(35)16-31-27-20(2)8-5-9-21(27)3/h1,5-6,8-10,12,15,17,23-24,31,36H,7,11,13-14,16,18-19H2,2-3H3,(H,32,33,34). The van der Waals surface area contributed by atoms with Crippen molar-refractivity contribution in [2.24, 2.45) is 0 Å². The number of halogens is 1. The molecular formula is C29H34BrN5O3. The molecule has 2 atom stereocenters. The number of aliphatic hydroxyl groups excluding tert-OH is 1. The lowest BCUT2D eigenvalue weighted by molar-refractivity contribution is 0.0655. The molecule has 1 saturated heterocycles. The molecule has 0 saturated carbocycles. The normalized spacial score (nSPS) is 16.0. The first kappa shape index (κ1) is 27.7. The van der Waals surface area contributed by atoms with Crippen LogP contribution in [-0.4, -0.2) is 65.0 Å². The van der Waals surface area contributed by atoms with Gasteiger partial charge in [0.05, 0.1) is 10.7 Å². The van der Waals surface area contributed by atoms with Crippen LogP contribution >= 0.6 is 15.9 Å². The minimum atomic E-state index is -0.599. The Hall–Kier alpha value is -3.32. The molecule has 1 aliphatic heterocycles. The second kappa shape index (κ2) is 13.5. The molecule has 3 aromatic rings. The summed E-state index contributed by atoms with van der Waals surface area (Å²) in [6.45, 7) is 7.00. The lowest BCUT2D eigenvalue weighted by atomic mass is 10.1. The average molecular weight is 581 g/mol. The van der Waals surface area contributed by atoms with E-state index in [2.05, 4.69) is 79.4 Å². The number of nitrogens with one attached hydrogen (secondary N) is 2. The molecule has 1 aliphatic rings. The number of rotatable bonds is 12. The number of hydrogen-bond acceptors (Lipinski definition) is 8. The van der Waals surface area contributed by atoms with Crippen molar-refractivity contribution in [2.45, 2.75) is 38.8 Å². The van der Waals surface area contributed by atoms with Gasteiger partial charge in [0, 0.05) is 36.6 Å². The molecule has 2 unspecified atom stereocenters. The van der Waals surface area contributed by atoms with Crippen LogP contribution in [0.2, 0.25) is 0 Å². The van der Waals surface area contributed by atoms with Gasteiger partial charge in [0.2, 0.25) is 11.8 Å². The van der Waals surface area contributed by atoms with Crippen molar-refractivity contribution >= 4 is 33.3 Å². The Bertz CT molecular complexity index is 1240. The van der Waals surface area contributed by atoms with Gasteiger partial charge >= 0.3 is 0 Å². The zero-order valence-electron chi connectivity index (χ0n) is 21.8. The smallest absolute Gasteiger partial charge is 0.233 e. The second-order valence-electron chi connectivity index (χ2n) is 9.40. The number of ether oxygens (including phenoxy) is 2.